The van der Waals surface area contributed by atoms with E-state index in [4.69, 9.17) is 0 Å². The number of imidazole rings is 1. The quantitative estimate of drug-likeness (QED) is 0.715. The molecule has 0 bridgehead atoms. The second-order valence-electron chi connectivity index (χ2n) is 3.76. The summed E-state index contributed by atoms with van der Waals surface area (Å²) in [7, 11) is 0. The van der Waals surface area contributed by atoms with E-state index in [2.05, 4.69) is 19.9 Å². The molecule has 0 amide bonds. The molecule has 0 radical (unpaired) electrons. The average Bonchev–Trinajstić information content (AvgIpc) is 2.83. The number of aromatic nitrogens is 4. The number of rotatable bonds is 2. The molecule has 5 nitrogen and oxygen atoms in total. The van der Waals surface area contributed by atoms with Crippen LogP contribution < -0.4 is 5.69 Å². The number of nitrogens with one attached hydrogen (secondary N) is 2. The minimum Gasteiger partial charge on any atom is -0.304 e. The van der Waals surface area contributed by atoms with Crippen LogP contribution in [-0.2, 0) is 0 Å². The first-order chi connectivity index (χ1) is 8.84. The average molecular weight is 238 g/mol. The van der Waals surface area contributed by atoms with Crippen LogP contribution in [0.3, 0.4) is 0 Å². The van der Waals surface area contributed by atoms with Crippen molar-refractivity contribution in [2.24, 2.45) is 0 Å². The Morgan fingerprint density at radius 2 is 1.28 bits per heavy atom. The van der Waals surface area contributed by atoms with E-state index in [0.717, 1.165) is 0 Å². The summed E-state index contributed by atoms with van der Waals surface area (Å²) >= 11 is 0. The highest BCUT2D eigenvalue weighted by Gasteiger charge is 2.12. The molecule has 0 fully saturated rings. The van der Waals surface area contributed by atoms with Crippen LogP contribution in [0.4, 0.5) is 0 Å². The largest absolute Gasteiger partial charge is 0.323 e. The summed E-state index contributed by atoms with van der Waals surface area (Å²) in [6.07, 6.45) is 3.37. The zero-order chi connectivity index (χ0) is 12.4. The highest BCUT2D eigenvalue weighted by Crippen LogP contribution is 2.24. The molecule has 18 heavy (non-hydrogen) atoms. The van der Waals surface area contributed by atoms with E-state index in [9.17, 15) is 4.79 Å². The second kappa shape index (κ2) is 4.29. The molecule has 0 spiro atoms. The number of H-pyrrole nitrogens is 2. The predicted molar refractivity (Wildman–Crippen MR) is 67.9 cm³/mol. The van der Waals surface area contributed by atoms with Gasteiger partial charge in [-0.05, 0) is 24.3 Å². The van der Waals surface area contributed by atoms with Crippen molar-refractivity contribution >= 4 is 0 Å². The number of hydrogen-bond donors (Lipinski definition) is 2. The maximum Gasteiger partial charge on any atom is 0.323 e. The van der Waals surface area contributed by atoms with Crippen LogP contribution in [0, 0.1) is 0 Å². The van der Waals surface area contributed by atoms with E-state index in [0.29, 0.717) is 22.8 Å². The zero-order valence-corrected chi connectivity index (χ0v) is 9.42. The van der Waals surface area contributed by atoms with Crippen molar-refractivity contribution in [1.82, 2.24) is 19.9 Å². The first kappa shape index (κ1) is 10.5. The van der Waals surface area contributed by atoms with Gasteiger partial charge in [-0.15, -0.1) is 0 Å². The first-order valence-corrected chi connectivity index (χ1v) is 5.50. The Bertz CT molecular complexity index is 641. The fourth-order valence-electron chi connectivity index (χ4n) is 1.79. The monoisotopic (exact) mass is 238 g/mol. The standard InChI is InChI=1S/C13H10N4O/c18-13-16-11(9-5-1-3-7-14-9)12(17-13)10-6-2-4-8-15-10/h1-8H,(H2,16,17,18). The van der Waals surface area contributed by atoms with E-state index >= 15 is 0 Å². The highest BCUT2D eigenvalue weighted by atomic mass is 16.1. The van der Waals surface area contributed by atoms with Crippen molar-refractivity contribution in [2.75, 3.05) is 0 Å². The lowest BCUT2D eigenvalue weighted by Gasteiger charge is -2.01. The number of aromatic amines is 2. The second-order valence-corrected chi connectivity index (χ2v) is 3.76. The third kappa shape index (κ3) is 1.82. The van der Waals surface area contributed by atoms with Crippen LogP contribution in [0.15, 0.2) is 53.6 Å². The molecule has 0 atom stereocenters. The summed E-state index contributed by atoms with van der Waals surface area (Å²) in [5, 5.41) is 0. The Morgan fingerprint density at radius 3 is 1.67 bits per heavy atom. The maximum absolute atomic E-state index is 11.5. The molecule has 88 valence electrons. The van der Waals surface area contributed by atoms with Crippen molar-refractivity contribution < 1.29 is 0 Å². The predicted octanol–water partition coefficient (Wildman–Crippen LogP) is 1.83. The van der Waals surface area contributed by atoms with Crippen molar-refractivity contribution in [3.05, 3.63) is 59.3 Å². The molecule has 5 heteroatoms. The SMILES string of the molecule is O=c1[nH]c(-c2ccccn2)c(-c2ccccn2)[nH]1. The third-order valence-electron chi connectivity index (χ3n) is 2.57. The molecular weight excluding hydrogens is 228 g/mol. The molecule has 0 saturated carbocycles. The van der Waals surface area contributed by atoms with Gasteiger partial charge >= 0.3 is 5.69 Å². The molecule has 0 aliphatic rings. The number of pyridine rings is 2. The summed E-state index contributed by atoms with van der Waals surface area (Å²) in [6.45, 7) is 0. The van der Waals surface area contributed by atoms with Gasteiger partial charge in [0.15, 0.2) is 0 Å². The molecule has 0 aliphatic heterocycles. The van der Waals surface area contributed by atoms with E-state index in [1.807, 2.05) is 36.4 Å². The van der Waals surface area contributed by atoms with Crippen molar-refractivity contribution in [1.29, 1.82) is 0 Å². The van der Waals surface area contributed by atoms with Crippen LogP contribution in [0.5, 0.6) is 0 Å². The molecular formula is C13H10N4O. The lowest BCUT2D eigenvalue weighted by molar-refractivity contribution is 1.18. The van der Waals surface area contributed by atoms with Crippen molar-refractivity contribution in [2.45, 2.75) is 0 Å². The molecule has 0 aliphatic carbocycles. The summed E-state index contributed by atoms with van der Waals surface area (Å²) in [6, 6.07) is 11.1. The summed E-state index contributed by atoms with van der Waals surface area (Å²) < 4.78 is 0. The third-order valence-corrected chi connectivity index (χ3v) is 2.57. The van der Waals surface area contributed by atoms with E-state index in [1.165, 1.54) is 0 Å². The normalized spacial score (nSPS) is 10.4. The molecule has 0 aromatic carbocycles. The molecule has 3 rings (SSSR count). The Labute approximate surface area is 103 Å². The zero-order valence-electron chi connectivity index (χ0n) is 9.42. The molecule has 0 saturated heterocycles. The van der Waals surface area contributed by atoms with Gasteiger partial charge in [0.1, 0.15) is 0 Å². The summed E-state index contributed by atoms with van der Waals surface area (Å²) in [5.41, 5.74) is 2.45. The Balaban J connectivity index is 2.21. The van der Waals surface area contributed by atoms with Crippen LogP contribution in [0.25, 0.3) is 22.8 Å². The Hall–Kier alpha value is -2.69. The molecule has 2 N–H and O–H groups in total. The van der Waals surface area contributed by atoms with E-state index < -0.39 is 0 Å². The van der Waals surface area contributed by atoms with E-state index in [-0.39, 0.29) is 5.69 Å². The van der Waals surface area contributed by atoms with Gasteiger partial charge in [-0.2, -0.15) is 0 Å². The van der Waals surface area contributed by atoms with Gasteiger partial charge in [0.2, 0.25) is 0 Å². The van der Waals surface area contributed by atoms with E-state index in [1.54, 1.807) is 12.4 Å². The highest BCUT2D eigenvalue weighted by molar-refractivity contribution is 5.73. The fraction of sp³-hybridized carbons (Fsp3) is 0. The lowest BCUT2D eigenvalue weighted by atomic mass is 10.2. The topological polar surface area (TPSA) is 74.4 Å². The van der Waals surface area contributed by atoms with Gasteiger partial charge in [-0.1, -0.05) is 12.1 Å². The number of nitrogens with zero attached hydrogens (tertiary/aromatic N) is 2. The van der Waals surface area contributed by atoms with Gasteiger partial charge in [0.25, 0.3) is 0 Å². The van der Waals surface area contributed by atoms with Crippen LogP contribution in [-0.4, -0.2) is 19.9 Å². The van der Waals surface area contributed by atoms with Gasteiger partial charge in [-0.3, -0.25) is 9.97 Å². The van der Waals surface area contributed by atoms with Crippen LogP contribution in [0.2, 0.25) is 0 Å². The Kier molecular flexibility index (Phi) is 2.49. The molecule has 3 aromatic heterocycles. The molecule has 3 aromatic rings. The van der Waals surface area contributed by atoms with Gasteiger partial charge < -0.3 is 9.97 Å². The van der Waals surface area contributed by atoms with Gasteiger partial charge in [-0.25, -0.2) is 4.79 Å². The smallest absolute Gasteiger partial charge is 0.304 e. The van der Waals surface area contributed by atoms with Crippen LogP contribution >= 0.6 is 0 Å². The summed E-state index contributed by atoms with van der Waals surface area (Å²) in [5.74, 6) is 0. The van der Waals surface area contributed by atoms with Crippen LogP contribution in [0.1, 0.15) is 0 Å². The van der Waals surface area contributed by atoms with Crippen molar-refractivity contribution in [3.63, 3.8) is 0 Å². The molecule has 0 unspecified atom stereocenters. The van der Waals surface area contributed by atoms with Crippen molar-refractivity contribution in [3.8, 4) is 22.8 Å². The Morgan fingerprint density at radius 1 is 0.778 bits per heavy atom. The maximum atomic E-state index is 11.5. The minimum atomic E-state index is -0.267. The van der Waals surface area contributed by atoms with Gasteiger partial charge in [0.05, 0.1) is 22.8 Å². The summed E-state index contributed by atoms with van der Waals surface area (Å²) in [4.78, 5) is 25.4. The first-order valence-electron chi connectivity index (χ1n) is 5.50. The number of hydrogen-bond acceptors (Lipinski definition) is 3. The fourth-order valence-corrected chi connectivity index (χ4v) is 1.79. The molecule has 3 heterocycles. The van der Waals surface area contributed by atoms with Gasteiger partial charge in [0, 0.05) is 12.4 Å². The lowest BCUT2D eigenvalue weighted by Crippen LogP contribution is -2.00. The minimum absolute atomic E-state index is 0.267.